The molecule has 150 valence electrons. The Balaban J connectivity index is 2.57. The van der Waals surface area contributed by atoms with Gasteiger partial charge in [0.2, 0.25) is 0 Å². The summed E-state index contributed by atoms with van der Waals surface area (Å²) in [6.07, 6.45) is 1.90. The smallest absolute Gasteiger partial charge is 0.303 e. The molecule has 1 heterocycles. The highest BCUT2D eigenvalue weighted by Crippen LogP contribution is 2.06. The van der Waals surface area contributed by atoms with Crippen molar-refractivity contribution in [3.63, 3.8) is 0 Å². The molecule has 2 amide bonds. The second-order valence-electron chi connectivity index (χ2n) is 5.92. The molecule has 0 radical (unpaired) electrons. The zero-order valence-electron chi connectivity index (χ0n) is 14.9. The van der Waals surface area contributed by atoms with Gasteiger partial charge in [-0.2, -0.15) is 8.42 Å². The van der Waals surface area contributed by atoms with E-state index in [9.17, 15) is 22.8 Å². The Hall–Kier alpha value is -2.53. The first kappa shape index (κ1) is 22.5. The van der Waals surface area contributed by atoms with Crippen LogP contribution in [0.3, 0.4) is 0 Å². The van der Waals surface area contributed by atoms with Crippen LogP contribution >= 0.6 is 0 Å². The van der Waals surface area contributed by atoms with Gasteiger partial charge in [0.05, 0.1) is 5.75 Å². The lowest BCUT2D eigenvalue weighted by Gasteiger charge is -2.08. The zero-order chi connectivity index (χ0) is 20.4. The van der Waals surface area contributed by atoms with Crippen LogP contribution in [0.15, 0.2) is 12.1 Å². The fourth-order valence-electron chi connectivity index (χ4n) is 2.15. The van der Waals surface area contributed by atoms with E-state index in [-0.39, 0.29) is 24.4 Å². The summed E-state index contributed by atoms with van der Waals surface area (Å²) < 4.78 is 30.0. The lowest BCUT2D eigenvalue weighted by Crippen LogP contribution is -2.31. The third-order valence-electron chi connectivity index (χ3n) is 3.43. The highest BCUT2D eigenvalue weighted by Gasteiger charge is 2.14. The summed E-state index contributed by atoms with van der Waals surface area (Å²) in [6.45, 7) is 1.74. The number of carbonyl (C=O) groups is 3. The van der Waals surface area contributed by atoms with Crippen LogP contribution in [-0.2, 0) is 14.9 Å². The molecule has 0 atom stereocenters. The van der Waals surface area contributed by atoms with Gasteiger partial charge in [-0.1, -0.05) is 6.42 Å². The number of carboxylic acids is 1. The maximum atomic E-state index is 12.1. The van der Waals surface area contributed by atoms with Gasteiger partial charge in [0.25, 0.3) is 21.9 Å². The van der Waals surface area contributed by atoms with Crippen LogP contribution in [0.5, 0.6) is 0 Å². The van der Waals surface area contributed by atoms with Crippen LogP contribution in [0.25, 0.3) is 0 Å². The van der Waals surface area contributed by atoms with Crippen molar-refractivity contribution in [1.82, 2.24) is 15.6 Å². The predicted octanol–water partition coefficient (Wildman–Crippen LogP) is 0.382. The van der Waals surface area contributed by atoms with Crippen molar-refractivity contribution in [2.45, 2.75) is 32.6 Å². The second-order valence-corrected chi connectivity index (χ2v) is 7.49. The SMILES string of the molecule is Cc1cc(C(=O)NCCCCCC(=O)O)nc(C(=O)NCCS(=O)(=O)O)c1. The van der Waals surface area contributed by atoms with Gasteiger partial charge in [0.15, 0.2) is 0 Å². The van der Waals surface area contributed by atoms with E-state index in [0.717, 1.165) is 0 Å². The van der Waals surface area contributed by atoms with Crippen LogP contribution in [0.4, 0.5) is 0 Å². The van der Waals surface area contributed by atoms with Gasteiger partial charge in [0, 0.05) is 19.5 Å². The van der Waals surface area contributed by atoms with E-state index in [1.54, 1.807) is 6.92 Å². The van der Waals surface area contributed by atoms with Crippen molar-refractivity contribution in [3.05, 3.63) is 29.1 Å². The first-order valence-corrected chi connectivity index (χ1v) is 9.91. The molecule has 11 heteroatoms. The number of aromatic nitrogens is 1. The van der Waals surface area contributed by atoms with Gasteiger partial charge in [-0.3, -0.25) is 18.9 Å². The molecule has 0 aliphatic heterocycles. The number of unbranched alkanes of at least 4 members (excludes halogenated alkanes) is 2. The second kappa shape index (κ2) is 10.6. The summed E-state index contributed by atoms with van der Waals surface area (Å²) in [5.41, 5.74) is 0.619. The van der Waals surface area contributed by atoms with E-state index >= 15 is 0 Å². The maximum absolute atomic E-state index is 12.1. The number of hydrogen-bond donors (Lipinski definition) is 4. The first-order valence-electron chi connectivity index (χ1n) is 8.30. The van der Waals surface area contributed by atoms with Gasteiger partial charge in [0.1, 0.15) is 11.4 Å². The molecule has 4 N–H and O–H groups in total. The maximum Gasteiger partial charge on any atom is 0.303 e. The molecular weight excluding hydrogens is 378 g/mol. The Bertz CT molecular complexity index is 793. The van der Waals surface area contributed by atoms with E-state index in [0.29, 0.717) is 31.4 Å². The summed E-state index contributed by atoms with van der Waals surface area (Å²) in [4.78, 5) is 38.5. The Labute approximate surface area is 157 Å². The Morgan fingerprint density at radius 3 is 2.07 bits per heavy atom. The van der Waals surface area contributed by atoms with Crippen molar-refractivity contribution >= 4 is 27.9 Å². The number of hydrogen-bond acceptors (Lipinski definition) is 6. The normalized spacial score (nSPS) is 11.0. The molecule has 0 aliphatic rings. The molecule has 27 heavy (non-hydrogen) atoms. The highest BCUT2D eigenvalue weighted by atomic mass is 32.2. The molecule has 10 nitrogen and oxygen atoms in total. The molecule has 0 saturated carbocycles. The number of amides is 2. The van der Waals surface area contributed by atoms with Crippen molar-refractivity contribution in [2.24, 2.45) is 0 Å². The van der Waals surface area contributed by atoms with Gasteiger partial charge in [-0.25, -0.2) is 4.98 Å². The Kier molecular flexibility index (Phi) is 8.82. The molecule has 0 spiro atoms. The van der Waals surface area contributed by atoms with Crippen LogP contribution in [0, 0.1) is 6.92 Å². The standard InChI is InChI=1S/C16H23N3O7S/c1-11-9-12(15(22)17-6-4-2-3-5-14(20)21)19-13(10-11)16(23)18-7-8-27(24,25)26/h9-10H,2-8H2,1H3,(H,17,22)(H,18,23)(H,20,21)(H,24,25,26). The monoisotopic (exact) mass is 401 g/mol. The van der Waals surface area contributed by atoms with E-state index in [1.165, 1.54) is 12.1 Å². The number of nitrogens with one attached hydrogen (secondary N) is 2. The molecule has 0 bridgehead atoms. The van der Waals surface area contributed by atoms with E-state index in [2.05, 4.69) is 15.6 Å². The highest BCUT2D eigenvalue weighted by molar-refractivity contribution is 7.85. The van der Waals surface area contributed by atoms with Crippen molar-refractivity contribution in [3.8, 4) is 0 Å². The third-order valence-corrected chi connectivity index (χ3v) is 4.15. The number of carboxylic acid groups (broad SMARTS) is 1. The van der Waals surface area contributed by atoms with Crippen LogP contribution in [0.1, 0.15) is 52.2 Å². The molecular formula is C16H23N3O7S. The van der Waals surface area contributed by atoms with E-state index < -0.39 is 33.7 Å². The van der Waals surface area contributed by atoms with E-state index in [4.69, 9.17) is 9.66 Å². The van der Waals surface area contributed by atoms with Gasteiger partial charge < -0.3 is 15.7 Å². The summed E-state index contributed by atoms with van der Waals surface area (Å²) >= 11 is 0. The minimum absolute atomic E-state index is 0.0421. The average molecular weight is 401 g/mol. The lowest BCUT2D eigenvalue weighted by molar-refractivity contribution is -0.137. The molecule has 1 rings (SSSR count). The van der Waals surface area contributed by atoms with Crippen molar-refractivity contribution in [1.29, 1.82) is 0 Å². The number of aliphatic carboxylic acids is 1. The molecule has 0 unspecified atom stereocenters. The predicted molar refractivity (Wildman–Crippen MR) is 96.2 cm³/mol. The first-order chi connectivity index (χ1) is 12.6. The fourth-order valence-corrected chi connectivity index (χ4v) is 2.51. The van der Waals surface area contributed by atoms with E-state index in [1.807, 2.05) is 0 Å². The molecule has 0 fully saturated rings. The number of aryl methyl sites for hydroxylation is 1. The molecule has 0 saturated heterocycles. The molecule has 1 aromatic rings. The summed E-state index contributed by atoms with van der Waals surface area (Å²) in [6, 6.07) is 2.96. The number of carbonyl (C=O) groups excluding carboxylic acids is 2. The van der Waals surface area contributed by atoms with Crippen LogP contribution in [0.2, 0.25) is 0 Å². The molecule has 0 aromatic carbocycles. The quantitative estimate of drug-likeness (QED) is 0.305. The average Bonchev–Trinajstić information content (AvgIpc) is 2.55. The summed E-state index contributed by atoms with van der Waals surface area (Å²) in [5, 5.41) is 13.5. The van der Waals surface area contributed by atoms with Crippen molar-refractivity contribution in [2.75, 3.05) is 18.8 Å². The number of pyridine rings is 1. The number of nitrogens with zero attached hydrogens (tertiary/aromatic N) is 1. The minimum Gasteiger partial charge on any atom is -0.481 e. The van der Waals surface area contributed by atoms with Crippen LogP contribution in [-0.4, -0.2) is 59.7 Å². The van der Waals surface area contributed by atoms with Gasteiger partial charge in [-0.15, -0.1) is 0 Å². The summed E-state index contributed by atoms with van der Waals surface area (Å²) in [5.74, 6) is -2.61. The molecule has 1 aromatic heterocycles. The zero-order valence-corrected chi connectivity index (χ0v) is 15.7. The minimum atomic E-state index is -4.19. The fraction of sp³-hybridized carbons (Fsp3) is 0.500. The van der Waals surface area contributed by atoms with Crippen LogP contribution < -0.4 is 10.6 Å². The Morgan fingerprint density at radius 2 is 1.56 bits per heavy atom. The van der Waals surface area contributed by atoms with Gasteiger partial charge >= 0.3 is 5.97 Å². The Morgan fingerprint density at radius 1 is 1.00 bits per heavy atom. The van der Waals surface area contributed by atoms with Crippen molar-refractivity contribution < 1.29 is 32.5 Å². The molecule has 0 aliphatic carbocycles. The number of rotatable bonds is 11. The lowest BCUT2D eigenvalue weighted by atomic mass is 10.2. The van der Waals surface area contributed by atoms with Gasteiger partial charge in [-0.05, 0) is 37.5 Å². The third kappa shape index (κ3) is 9.66. The topological polar surface area (TPSA) is 163 Å². The summed E-state index contributed by atoms with van der Waals surface area (Å²) in [7, 11) is -4.19. The largest absolute Gasteiger partial charge is 0.481 e.